The van der Waals surface area contributed by atoms with Gasteiger partial charge in [-0.2, -0.15) is 0 Å². The number of hydrogen-bond acceptors (Lipinski definition) is 5. The Morgan fingerprint density at radius 3 is 2.69 bits per heavy atom. The topological polar surface area (TPSA) is 65.0 Å². The van der Waals surface area contributed by atoms with E-state index in [-0.39, 0.29) is 18.3 Å². The molecule has 2 fully saturated rings. The van der Waals surface area contributed by atoms with Crippen LogP contribution in [0.3, 0.4) is 0 Å². The molecule has 9 heteroatoms. The fourth-order valence-electron chi connectivity index (χ4n) is 4.28. The van der Waals surface area contributed by atoms with Gasteiger partial charge in [-0.05, 0) is 48.9 Å². The van der Waals surface area contributed by atoms with Crippen molar-refractivity contribution >= 4 is 5.91 Å². The number of carbonyl (C=O) groups excluding carboxylic acids is 1. The first-order valence-corrected chi connectivity index (χ1v) is 9.97. The van der Waals surface area contributed by atoms with Crippen molar-refractivity contribution in [1.29, 1.82) is 0 Å². The number of carbonyl (C=O) groups is 1. The van der Waals surface area contributed by atoms with E-state index < -0.39 is 6.36 Å². The average Bonchev–Trinajstić information content (AvgIpc) is 3.09. The van der Waals surface area contributed by atoms with Crippen LogP contribution in [0.25, 0.3) is 0 Å². The molecule has 0 radical (unpaired) electrons. The monoisotopic (exact) mass is 415 g/mol. The second-order valence-corrected chi connectivity index (χ2v) is 7.71. The number of piperidine rings is 1. The molecule has 1 aromatic carbocycles. The second-order valence-electron chi connectivity index (χ2n) is 7.71. The van der Waals surface area contributed by atoms with Gasteiger partial charge in [-0.15, -0.1) is 13.2 Å². The van der Waals surface area contributed by atoms with Crippen LogP contribution in [0.5, 0.6) is 5.75 Å². The van der Waals surface area contributed by atoms with Gasteiger partial charge in [0.15, 0.2) is 0 Å². The third kappa shape index (κ3) is 6.07. The first kappa shape index (κ1) is 21.9. The van der Waals surface area contributed by atoms with Crippen molar-refractivity contribution in [3.63, 3.8) is 0 Å². The normalized spacial score (nSPS) is 23.7. The van der Waals surface area contributed by atoms with Crippen molar-refractivity contribution in [3.8, 4) is 5.75 Å². The van der Waals surface area contributed by atoms with E-state index in [2.05, 4.69) is 15.0 Å². The average molecular weight is 415 g/mol. The highest BCUT2D eigenvalue weighted by Crippen LogP contribution is 2.51. The minimum Gasteiger partial charge on any atom is -0.406 e. The van der Waals surface area contributed by atoms with Crippen LogP contribution in [0.15, 0.2) is 24.3 Å². The molecule has 29 heavy (non-hydrogen) atoms. The summed E-state index contributed by atoms with van der Waals surface area (Å²) in [5, 5.41) is 12.3. The summed E-state index contributed by atoms with van der Waals surface area (Å²) in [5.74, 6) is 1.54. The molecule has 1 aromatic rings. The fraction of sp³-hybridized carbons (Fsp3) is 0.650. The van der Waals surface area contributed by atoms with Gasteiger partial charge >= 0.3 is 6.36 Å². The zero-order valence-electron chi connectivity index (χ0n) is 16.5. The molecule has 1 amide bonds. The van der Waals surface area contributed by atoms with Gasteiger partial charge in [0.05, 0.1) is 13.2 Å². The van der Waals surface area contributed by atoms with E-state index in [1.54, 1.807) is 17.0 Å². The highest BCUT2D eigenvalue weighted by atomic mass is 19.4. The van der Waals surface area contributed by atoms with E-state index in [1.165, 1.54) is 12.1 Å². The standard InChI is InChI=1S/C20H28F3N3O3/c1-2-26(6-7-27)19(28)13-25-11-17-16(18(17)12-25)10-24-9-14-4-3-5-15(8-14)29-20(21,22)23/h3-5,8,16-18,24,27H,2,6-7,9-13H2,1H3. The quantitative estimate of drug-likeness (QED) is 0.609. The van der Waals surface area contributed by atoms with Crippen molar-refractivity contribution in [2.24, 2.45) is 17.8 Å². The number of nitrogens with zero attached hydrogens (tertiary/aromatic N) is 2. The lowest BCUT2D eigenvalue weighted by Gasteiger charge is -2.24. The molecule has 0 bridgehead atoms. The largest absolute Gasteiger partial charge is 0.573 e. The van der Waals surface area contributed by atoms with Crippen LogP contribution in [-0.4, -0.2) is 73.1 Å². The van der Waals surface area contributed by atoms with E-state index in [0.717, 1.165) is 25.2 Å². The maximum absolute atomic E-state index is 12.3. The van der Waals surface area contributed by atoms with E-state index in [1.807, 2.05) is 6.92 Å². The van der Waals surface area contributed by atoms with E-state index in [4.69, 9.17) is 5.11 Å². The highest BCUT2D eigenvalue weighted by Gasteiger charge is 2.55. The predicted octanol–water partition coefficient (Wildman–Crippen LogP) is 1.69. The molecule has 6 nitrogen and oxygen atoms in total. The molecule has 162 valence electrons. The number of hydrogen-bond donors (Lipinski definition) is 2. The molecule has 2 aliphatic rings. The number of likely N-dealkylation sites (N-methyl/N-ethyl adjacent to an activating group) is 1. The maximum Gasteiger partial charge on any atom is 0.573 e. The molecule has 1 aliphatic heterocycles. The summed E-state index contributed by atoms with van der Waals surface area (Å²) in [6, 6.07) is 6.00. The van der Waals surface area contributed by atoms with Gasteiger partial charge in [-0.3, -0.25) is 9.69 Å². The lowest BCUT2D eigenvalue weighted by atomic mass is 10.2. The summed E-state index contributed by atoms with van der Waals surface area (Å²) in [6.07, 6.45) is -4.68. The SMILES string of the molecule is CCN(CCO)C(=O)CN1CC2C(CNCc3cccc(OC(F)(F)F)c3)C2C1. The molecule has 1 saturated heterocycles. The number of fused-ring (bicyclic) bond motifs is 1. The summed E-state index contributed by atoms with van der Waals surface area (Å²) in [6.45, 7) is 6.34. The Hall–Kier alpha value is -1.84. The second kappa shape index (κ2) is 9.32. The van der Waals surface area contributed by atoms with Crippen LogP contribution in [-0.2, 0) is 11.3 Å². The maximum atomic E-state index is 12.3. The van der Waals surface area contributed by atoms with E-state index in [9.17, 15) is 18.0 Å². The van der Waals surface area contributed by atoms with Crippen molar-refractivity contribution in [3.05, 3.63) is 29.8 Å². The molecule has 0 aromatic heterocycles. The first-order valence-electron chi connectivity index (χ1n) is 9.97. The Balaban J connectivity index is 1.36. The fourth-order valence-corrected chi connectivity index (χ4v) is 4.28. The van der Waals surface area contributed by atoms with Crippen LogP contribution in [0.2, 0.25) is 0 Å². The van der Waals surface area contributed by atoms with Crippen LogP contribution in [0.4, 0.5) is 13.2 Å². The summed E-state index contributed by atoms with van der Waals surface area (Å²) in [4.78, 5) is 16.1. The van der Waals surface area contributed by atoms with Gasteiger partial charge in [0.1, 0.15) is 5.75 Å². The van der Waals surface area contributed by atoms with Gasteiger partial charge in [0.2, 0.25) is 5.91 Å². The summed E-state index contributed by atoms with van der Waals surface area (Å²) in [5.41, 5.74) is 0.744. The predicted molar refractivity (Wildman–Crippen MR) is 101 cm³/mol. The lowest BCUT2D eigenvalue weighted by Crippen LogP contribution is -2.41. The van der Waals surface area contributed by atoms with Gasteiger partial charge in [-0.25, -0.2) is 0 Å². The number of amides is 1. The zero-order valence-corrected chi connectivity index (χ0v) is 16.5. The number of benzene rings is 1. The molecule has 1 heterocycles. The molecule has 2 unspecified atom stereocenters. The Morgan fingerprint density at radius 2 is 2.07 bits per heavy atom. The Kier molecular flexibility index (Phi) is 7.02. The highest BCUT2D eigenvalue weighted by molar-refractivity contribution is 5.78. The number of alkyl halides is 3. The van der Waals surface area contributed by atoms with Crippen LogP contribution < -0.4 is 10.1 Å². The molecular weight excluding hydrogens is 387 g/mol. The van der Waals surface area contributed by atoms with Crippen LogP contribution in [0, 0.1) is 17.8 Å². The Labute approximate surface area is 168 Å². The third-order valence-electron chi connectivity index (χ3n) is 5.75. The minimum atomic E-state index is -4.68. The van der Waals surface area contributed by atoms with Crippen LogP contribution in [0.1, 0.15) is 12.5 Å². The van der Waals surface area contributed by atoms with Crippen molar-refractivity contribution in [2.45, 2.75) is 19.8 Å². The third-order valence-corrected chi connectivity index (χ3v) is 5.75. The Bertz CT molecular complexity index is 689. The number of aliphatic hydroxyl groups excluding tert-OH is 1. The molecule has 2 atom stereocenters. The van der Waals surface area contributed by atoms with Crippen LogP contribution >= 0.6 is 0 Å². The number of likely N-dealkylation sites (tertiary alicyclic amines) is 1. The molecule has 2 N–H and O–H groups in total. The number of aliphatic hydroxyl groups is 1. The first-order chi connectivity index (χ1) is 13.8. The van der Waals surface area contributed by atoms with Gasteiger partial charge in [0.25, 0.3) is 0 Å². The van der Waals surface area contributed by atoms with Gasteiger partial charge < -0.3 is 20.1 Å². The molecule has 3 rings (SSSR count). The number of halogens is 3. The number of ether oxygens (including phenoxy) is 1. The van der Waals surface area contributed by atoms with Crippen molar-refractivity contribution in [1.82, 2.24) is 15.1 Å². The van der Waals surface area contributed by atoms with E-state index in [0.29, 0.717) is 43.9 Å². The lowest BCUT2D eigenvalue weighted by molar-refractivity contribution is -0.274. The molecule has 1 aliphatic carbocycles. The summed E-state index contributed by atoms with van der Waals surface area (Å²) in [7, 11) is 0. The van der Waals surface area contributed by atoms with Crippen molar-refractivity contribution in [2.75, 3.05) is 45.9 Å². The van der Waals surface area contributed by atoms with Gasteiger partial charge in [0, 0.05) is 32.7 Å². The molecule has 0 spiro atoms. The minimum absolute atomic E-state index is 0.0240. The Morgan fingerprint density at radius 1 is 1.34 bits per heavy atom. The molecular formula is C20H28F3N3O3. The van der Waals surface area contributed by atoms with Crippen molar-refractivity contribution < 1.29 is 27.8 Å². The van der Waals surface area contributed by atoms with Gasteiger partial charge in [-0.1, -0.05) is 12.1 Å². The summed E-state index contributed by atoms with van der Waals surface area (Å²) < 4.78 is 40.9. The number of rotatable bonds is 10. The molecule has 1 saturated carbocycles. The smallest absolute Gasteiger partial charge is 0.406 e. The zero-order chi connectivity index (χ0) is 21.0. The summed E-state index contributed by atoms with van der Waals surface area (Å²) >= 11 is 0. The van der Waals surface area contributed by atoms with E-state index >= 15 is 0 Å². The number of nitrogens with one attached hydrogen (secondary N) is 1.